The molecule has 0 saturated heterocycles. The number of carbonyl (C=O) groups excluding carboxylic acids is 2. The van der Waals surface area contributed by atoms with Crippen LogP contribution in [0.3, 0.4) is 0 Å². The first kappa shape index (κ1) is 19.5. The lowest BCUT2D eigenvalue weighted by Crippen LogP contribution is -2.31. The molecule has 1 unspecified atom stereocenters. The largest absolute Gasteiger partial charge is 0.503 e. The maximum absolute atomic E-state index is 13.2. The second-order valence-electron chi connectivity index (χ2n) is 7.21. The van der Waals surface area contributed by atoms with E-state index in [1.165, 1.54) is 17.2 Å². The molecule has 0 saturated carbocycles. The van der Waals surface area contributed by atoms with Gasteiger partial charge in [0.15, 0.2) is 11.5 Å². The summed E-state index contributed by atoms with van der Waals surface area (Å²) in [5.41, 5.74) is 3.19. The van der Waals surface area contributed by atoms with E-state index in [0.717, 1.165) is 11.1 Å². The first-order valence-corrected chi connectivity index (χ1v) is 9.48. The number of hydrogen-bond donors (Lipinski definition) is 1. The van der Waals surface area contributed by atoms with Crippen LogP contribution in [-0.2, 0) is 4.79 Å². The number of amides is 1. The topological polar surface area (TPSA) is 80.0 Å². The van der Waals surface area contributed by atoms with Crippen LogP contribution >= 0.6 is 0 Å². The van der Waals surface area contributed by atoms with E-state index in [0.29, 0.717) is 17.0 Å². The van der Waals surface area contributed by atoms with Crippen molar-refractivity contribution in [2.75, 3.05) is 12.0 Å². The number of carbonyl (C=O) groups is 2. The molecule has 30 heavy (non-hydrogen) atoms. The lowest BCUT2D eigenvalue weighted by Gasteiger charge is -2.28. The molecule has 1 aliphatic heterocycles. The van der Waals surface area contributed by atoms with E-state index >= 15 is 0 Å². The minimum atomic E-state index is -0.803. The van der Waals surface area contributed by atoms with Crippen molar-refractivity contribution in [2.45, 2.75) is 19.9 Å². The Kier molecular flexibility index (Phi) is 4.91. The van der Waals surface area contributed by atoms with Crippen molar-refractivity contribution in [3.05, 3.63) is 94.6 Å². The van der Waals surface area contributed by atoms with Gasteiger partial charge in [-0.1, -0.05) is 29.8 Å². The van der Waals surface area contributed by atoms with Gasteiger partial charge < -0.3 is 14.3 Å². The number of ketones is 1. The van der Waals surface area contributed by atoms with Crippen LogP contribution < -0.4 is 9.64 Å². The summed E-state index contributed by atoms with van der Waals surface area (Å²) in [6.45, 7) is 3.86. The molecule has 2 heterocycles. The van der Waals surface area contributed by atoms with Crippen LogP contribution in [0.25, 0.3) is 0 Å². The molecule has 6 heteroatoms. The number of benzene rings is 2. The van der Waals surface area contributed by atoms with Crippen molar-refractivity contribution >= 4 is 17.4 Å². The number of hydrogen-bond acceptors (Lipinski definition) is 5. The SMILES string of the molecule is COc1ccc(C2C(C(=O)c3ccco3)=C(O)C(=O)N2c2ccc(C)cc2C)cc1. The number of rotatable bonds is 5. The van der Waals surface area contributed by atoms with Crippen LogP contribution in [0.2, 0.25) is 0 Å². The van der Waals surface area contributed by atoms with E-state index < -0.39 is 23.5 Å². The molecule has 0 fully saturated rings. The third kappa shape index (κ3) is 3.16. The smallest absolute Gasteiger partial charge is 0.294 e. The summed E-state index contributed by atoms with van der Waals surface area (Å²) in [6.07, 6.45) is 1.38. The summed E-state index contributed by atoms with van der Waals surface area (Å²) in [5.74, 6) is -1.02. The van der Waals surface area contributed by atoms with E-state index in [2.05, 4.69) is 0 Å². The summed E-state index contributed by atoms with van der Waals surface area (Å²) < 4.78 is 10.5. The molecule has 0 spiro atoms. The number of methoxy groups -OCH3 is 1. The van der Waals surface area contributed by atoms with E-state index in [1.807, 2.05) is 32.0 Å². The predicted molar refractivity (Wildman–Crippen MR) is 112 cm³/mol. The van der Waals surface area contributed by atoms with Crippen molar-refractivity contribution < 1.29 is 23.8 Å². The van der Waals surface area contributed by atoms with Gasteiger partial charge in [-0.2, -0.15) is 0 Å². The number of furan rings is 1. The number of nitrogens with zero attached hydrogens (tertiary/aromatic N) is 1. The summed E-state index contributed by atoms with van der Waals surface area (Å²) in [7, 11) is 1.56. The van der Waals surface area contributed by atoms with E-state index in [1.54, 1.807) is 37.4 Å². The van der Waals surface area contributed by atoms with E-state index in [9.17, 15) is 14.7 Å². The third-order valence-electron chi connectivity index (χ3n) is 5.24. The van der Waals surface area contributed by atoms with Gasteiger partial charge in [0.2, 0.25) is 5.78 Å². The van der Waals surface area contributed by atoms with Gasteiger partial charge in [0, 0.05) is 5.69 Å². The molecular formula is C24H21NO5. The Balaban J connectivity index is 1.89. The molecule has 1 aliphatic rings. The second-order valence-corrected chi connectivity index (χ2v) is 7.21. The quantitative estimate of drug-likeness (QED) is 0.625. The number of anilines is 1. The highest BCUT2D eigenvalue weighted by Crippen LogP contribution is 2.43. The average Bonchev–Trinajstić information content (AvgIpc) is 3.36. The molecule has 1 aromatic heterocycles. The molecule has 0 bridgehead atoms. The third-order valence-corrected chi connectivity index (χ3v) is 5.24. The zero-order chi connectivity index (χ0) is 21.4. The van der Waals surface area contributed by atoms with Crippen LogP contribution in [0.1, 0.15) is 33.3 Å². The van der Waals surface area contributed by atoms with Crippen LogP contribution in [-0.4, -0.2) is 23.9 Å². The van der Waals surface area contributed by atoms with Crippen LogP contribution in [0.15, 0.2) is 76.6 Å². The molecular weight excluding hydrogens is 382 g/mol. The van der Waals surface area contributed by atoms with Gasteiger partial charge in [0.25, 0.3) is 5.91 Å². The highest BCUT2D eigenvalue weighted by molar-refractivity contribution is 6.20. The Morgan fingerprint density at radius 2 is 1.83 bits per heavy atom. The van der Waals surface area contributed by atoms with Crippen molar-refractivity contribution in [2.24, 2.45) is 0 Å². The van der Waals surface area contributed by atoms with E-state index in [-0.39, 0.29) is 11.3 Å². The fourth-order valence-corrected chi connectivity index (χ4v) is 3.80. The monoisotopic (exact) mass is 403 g/mol. The maximum atomic E-state index is 13.2. The standard InChI is InChI=1S/C24H21NO5/c1-14-6-11-18(15(2)13-14)25-21(16-7-9-17(29-3)10-8-16)20(23(27)24(25)28)22(26)19-5-4-12-30-19/h4-13,21,27H,1-3H3. The molecule has 152 valence electrons. The summed E-state index contributed by atoms with van der Waals surface area (Å²) in [4.78, 5) is 27.8. The molecule has 2 aromatic carbocycles. The van der Waals surface area contributed by atoms with Crippen molar-refractivity contribution in [3.63, 3.8) is 0 Å². The number of Topliss-reactive ketones (excluding diaryl/α,β-unsaturated/α-hetero) is 1. The zero-order valence-electron chi connectivity index (χ0n) is 16.9. The number of aryl methyl sites for hydroxylation is 2. The molecule has 1 N–H and O–H groups in total. The summed E-state index contributed by atoms with van der Waals surface area (Å²) >= 11 is 0. The predicted octanol–water partition coefficient (Wildman–Crippen LogP) is 4.69. The minimum Gasteiger partial charge on any atom is -0.503 e. The fraction of sp³-hybridized carbons (Fsp3) is 0.167. The molecule has 0 aliphatic carbocycles. The summed E-state index contributed by atoms with van der Waals surface area (Å²) in [5, 5.41) is 10.7. The Morgan fingerprint density at radius 1 is 1.10 bits per heavy atom. The molecule has 1 atom stereocenters. The Hall–Kier alpha value is -3.80. The van der Waals surface area contributed by atoms with Crippen LogP contribution in [0.4, 0.5) is 5.69 Å². The first-order chi connectivity index (χ1) is 14.4. The summed E-state index contributed by atoms with van der Waals surface area (Å²) in [6, 6.07) is 15.0. The van der Waals surface area contributed by atoms with Crippen LogP contribution in [0, 0.1) is 13.8 Å². The highest BCUT2D eigenvalue weighted by Gasteiger charge is 2.45. The second kappa shape index (κ2) is 7.55. The van der Waals surface area contributed by atoms with Crippen molar-refractivity contribution in [1.29, 1.82) is 0 Å². The normalized spacial score (nSPS) is 16.3. The molecule has 3 aromatic rings. The maximum Gasteiger partial charge on any atom is 0.294 e. The van der Waals surface area contributed by atoms with Gasteiger partial charge in [-0.3, -0.25) is 14.5 Å². The van der Waals surface area contributed by atoms with Crippen molar-refractivity contribution in [3.8, 4) is 5.75 Å². The fourth-order valence-electron chi connectivity index (χ4n) is 3.80. The minimum absolute atomic E-state index is 0.0138. The van der Waals surface area contributed by atoms with Gasteiger partial charge in [0.05, 0.1) is 25.0 Å². The van der Waals surface area contributed by atoms with Gasteiger partial charge >= 0.3 is 0 Å². The number of ether oxygens (including phenoxy) is 1. The van der Waals surface area contributed by atoms with Gasteiger partial charge in [-0.25, -0.2) is 0 Å². The van der Waals surface area contributed by atoms with Gasteiger partial charge in [-0.15, -0.1) is 0 Å². The highest BCUT2D eigenvalue weighted by atomic mass is 16.5. The number of aliphatic hydroxyl groups excluding tert-OH is 1. The Bertz CT molecular complexity index is 1140. The van der Waals surface area contributed by atoms with E-state index in [4.69, 9.17) is 9.15 Å². The van der Waals surface area contributed by atoms with Crippen molar-refractivity contribution in [1.82, 2.24) is 0 Å². The Morgan fingerprint density at radius 3 is 2.43 bits per heavy atom. The van der Waals surface area contributed by atoms with Gasteiger partial charge in [0.1, 0.15) is 5.75 Å². The molecule has 1 amide bonds. The molecule has 4 rings (SSSR count). The number of aliphatic hydroxyl groups is 1. The first-order valence-electron chi connectivity index (χ1n) is 9.48. The molecule has 0 radical (unpaired) electrons. The molecule has 6 nitrogen and oxygen atoms in total. The lowest BCUT2D eigenvalue weighted by molar-refractivity contribution is -0.117. The van der Waals surface area contributed by atoms with Gasteiger partial charge in [-0.05, 0) is 55.3 Å². The lowest BCUT2D eigenvalue weighted by atomic mass is 9.94. The Labute approximate surface area is 174 Å². The zero-order valence-corrected chi connectivity index (χ0v) is 16.9. The average molecular weight is 403 g/mol. The van der Waals surface area contributed by atoms with Crippen LogP contribution in [0.5, 0.6) is 5.75 Å².